The lowest BCUT2D eigenvalue weighted by Gasteiger charge is -2.21. The molecule has 230 valence electrons. The standard InChI is InChI=1S/C37H45N5O2/c1-26-14-12-21-31(27(26)2)41-34-20-10-7-17-30(34)37(44)40-23-11-3-4-22-35(43)38-24-13-25-39-36-28-15-5-8-18-32(28)42-33-19-9-6-16-29(33)36/h5,7-8,10,12,14-15,17-18,20-21,41H,3-4,6,9,11,13,16,19,22-25H2,1-2H3,(H,38,43)(H,39,42)(H,40,44). The van der Waals surface area contributed by atoms with Crippen molar-refractivity contribution in [1.82, 2.24) is 15.6 Å². The summed E-state index contributed by atoms with van der Waals surface area (Å²) in [6.07, 6.45) is 8.45. The number of carbonyl (C=O) groups is 2. The number of anilines is 3. The quantitative estimate of drug-likeness (QED) is 0.115. The van der Waals surface area contributed by atoms with Gasteiger partial charge >= 0.3 is 0 Å². The minimum absolute atomic E-state index is 0.0900. The van der Waals surface area contributed by atoms with Crippen molar-refractivity contribution >= 4 is 39.8 Å². The number of aromatic nitrogens is 1. The Kier molecular flexibility index (Phi) is 10.8. The largest absolute Gasteiger partial charge is 0.384 e. The van der Waals surface area contributed by atoms with E-state index >= 15 is 0 Å². The molecule has 0 saturated heterocycles. The maximum absolute atomic E-state index is 12.9. The molecule has 1 aliphatic rings. The van der Waals surface area contributed by atoms with Crippen LogP contribution in [0.3, 0.4) is 0 Å². The summed E-state index contributed by atoms with van der Waals surface area (Å²) in [6, 6.07) is 22.1. The van der Waals surface area contributed by atoms with Gasteiger partial charge in [-0.05, 0) is 99.7 Å². The summed E-state index contributed by atoms with van der Waals surface area (Å²) in [7, 11) is 0. The molecule has 1 aromatic heterocycles. The Hall–Kier alpha value is -4.39. The van der Waals surface area contributed by atoms with Crippen molar-refractivity contribution in [2.24, 2.45) is 0 Å². The molecule has 3 aromatic carbocycles. The van der Waals surface area contributed by atoms with E-state index in [0.29, 0.717) is 25.1 Å². The van der Waals surface area contributed by atoms with Gasteiger partial charge in [0.2, 0.25) is 5.91 Å². The van der Waals surface area contributed by atoms with Crippen LogP contribution < -0.4 is 21.3 Å². The first-order valence-corrected chi connectivity index (χ1v) is 16.1. The van der Waals surface area contributed by atoms with Crippen LogP contribution >= 0.6 is 0 Å². The molecule has 1 heterocycles. The summed E-state index contributed by atoms with van der Waals surface area (Å²) in [4.78, 5) is 30.2. The van der Waals surface area contributed by atoms with Crippen molar-refractivity contribution in [3.05, 3.63) is 94.7 Å². The van der Waals surface area contributed by atoms with E-state index in [9.17, 15) is 9.59 Å². The zero-order valence-electron chi connectivity index (χ0n) is 26.1. The van der Waals surface area contributed by atoms with Gasteiger partial charge in [-0.1, -0.05) is 48.9 Å². The molecule has 4 aromatic rings. The molecule has 7 heteroatoms. The third kappa shape index (κ3) is 7.95. The number of carbonyl (C=O) groups excluding carboxylic acids is 2. The molecule has 0 spiro atoms. The average molecular weight is 592 g/mol. The second kappa shape index (κ2) is 15.4. The second-order valence-corrected chi connectivity index (χ2v) is 11.8. The topological polar surface area (TPSA) is 95.2 Å². The van der Waals surface area contributed by atoms with E-state index in [0.717, 1.165) is 62.0 Å². The first-order chi connectivity index (χ1) is 21.5. The van der Waals surface area contributed by atoms with Crippen LogP contribution in [0.5, 0.6) is 0 Å². The zero-order valence-corrected chi connectivity index (χ0v) is 26.1. The average Bonchev–Trinajstić information content (AvgIpc) is 3.04. The Morgan fingerprint density at radius 1 is 0.750 bits per heavy atom. The van der Waals surface area contributed by atoms with Gasteiger partial charge in [-0.15, -0.1) is 0 Å². The van der Waals surface area contributed by atoms with Crippen LogP contribution in [0.4, 0.5) is 17.1 Å². The summed E-state index contributed by atoms with van der Waals surface area (Å²) in [5.74, 6) is -0.00254. The van der Waals surface area contributed by atoms with Gasteiger partial charge in [-0.3, -0.25) is 14.6 Å². The Morgan fingerprint density at radius 2 is 1.52 bits per heavy atom. The molecule has 0 radical (unpaired) electrons. The molecule has 0 unspecified atom stereocenters. The first kappa shape index (κ1) is 31.0. The monoisotopic (exact) mass is 591 g/mol. The number of para-hydroxylation sites is 2. The number of aryl methyl sites for hydroxylation is 2. The Morgan fingerprint density at radius 3 is 2.43 bits per heavy atom. The van der Waals surface area contributed by atoms with E-state index in [4.69, 9.17) is 4.98 Å². The van der Waals surface area contributed by atoms with Gasteiger partial charge in [0.25, 0.3) is 5.91 Å². The van der Waals surface area contributed by atoms with Crippen LogP contribution in [0.2, 0.25) is 0 Å². The third-order valence-electron chi connectivity index (χ3n) is 8.56. The van der Waals surface area contributed by atoms with Crippen LogP contribution in [0.1, 0.15) is 77.7 Å². The van der Waals surface area contributed by atoms with Gasteiger partial charge in [0.15, 0.2) is 0 Å². The van der Waals surface area contributed by atoms with E-state index in [-0.39, 0.29) is 11.8 Å². The highest BCUT2D eigenvalue weighted by molar-refractivity contribution is 6.00. The summed E-state index contributed by atoms with van der Waals surface area (Å²) >= 11 is 0. The van der Waals surface area contributed by atoms with Crippen LogP contribution in [0.25, 0.3) is 10.9 Å². The van der Waals surface area contributed by atoms with Crippen LogP contribution in [0.15, 0.2) is 66.7 Å². The van der Waals surface area contributed by atoms with Crippen molar-refractivity contribution in [1.29, 1.82) is 0 Å². The van der Waals surface area contributed by atoms with Crippen molar-refractivity contribution in [3.8, 4) is 0 Å². The van der Waals surface area contributed by atoms with Gasteiger partial charge in [0, 0.05) is 48.5 Å². The Bertz CT molecular complexity index is 1600. The van der Waals surface area contributed by atoms with E-state index in [2.05, 4.69) is 59.4 Å². The summed E-state index contributed by atoms with van der Waals surface area (Å²) in [6.45, 7) is 6.20. The number of amides is 2. The SMILES string of the molecule is Cc1cccc(Nc2ccccc2C(=O)NCCCCCC(=O)NCCCNc2c3c(nc4ccccc24)CCCC3)c1C. The fraction of sp³-hybridized carbons (Fsp3) is 0.378. The first-order valence-electron chi connectivity index (χ1n) is 16.1. The summed E-state index contributed by atoms with van der Waals surface area (Å²) < 4.78 is 0. The normalized spacial score (nSPS) is 12.4. The van der Waals surface area contributed by atoms with E-state index < -0.39 is 0 Å². The molecule has 0 fully saturated rings. The van der Waals surface area contributed by atoms with Crippen LogP contribution in [-0.4, -0.2) is 36.4 Å². The third-order valence-corrected chi connectivity index (χ3v) is 8.56. The van der Waals surface area contributed by atoms with E-state index in [1.165, 1.54) is 46.3 Å². The van der Waals surface area contributed by atoms with Crippen LogP contribution in [0, 0.1) is 13.8 Å². The Balaban J connectivity index is 0.975. The predicted octanol–water partition coefficient (Wildman–Crippen LogP) is 7.38. The summed E-state index contributed by atoms with van der Waals surface area (Å²) in [5.41, 5.74) is 9.67. The van der Waals surface area contributed by atoms with Gasteiger partial charge in [0.05, 0.1) is 16.8 Å². The number of rotatable bonds is 14. The fourth-order valence-electron chi connectivity index (χ4n) is 5.90. The molecule has 44 heavy (non-hydrogen) atoms. The number of hydrogen-bond acceptors (Lipinski definition) is 5. The molecular weight excluding hydrogens is 546 g/mol. The lowest BCUT2D eigenvalue weighted by molar-refractivity contribution is -0.121. The minimum atomic E-state index is -0.0926. The molecule has 1 aliphatic carbocycles. The molecule has 4 N–H and O–H groups in total. The summed E-state index contributed by atoms with van der Waals surface area (Å²) in [5, 5.41) is 14.4. The molecule has 0 aliphatic heterocycles. The molecule has 7 nitrogen and oxygen atoms in total. The number of nitrogens with one attached hydrogen (secondary N) is 4. The number of nitrogens with zero attached hydrogens (tertiary/aromatic N) is 1. The lowest BCUT2D eigenvalue weighted by Crippen LogP contribution is -2.26. The maximum Gasteiger partial charge on any atom is 0.253 e. The zero-order chi connectivity index (χ0) is 30.7. The number of benzene rings is 3. The van der Waals surface area contributed by atoms with Crippen molar-refractivity contribution in [2.45, 2.75) is 71.6 Å². The second-order valence-electron chi connectivity index (χ2n) is 11.8. The highest BCUT2D eigenvalue weighted by atomic mass is 16.2. The molecule has 0 atom stereocenters. The number of pyridine rings is 1. The predicted molar refractivity (Wildman–Crippen MR) is 181 cm³/mol. The highest BCUT2D eigenvalue weighted by Crippen LogP contribution is 2.33. The van der Waals surface area contributed by atoms with Gasteiger partial charge in [0.1, 0.15) is 0 Å². The maximum atomic E-state index is 12.9. The van der Waals surface area contributed by atoms with Gasteiger partial charge in [-0.25, -0.2) is 0 Å². The minimum Gasteiger partial charge on any atom is -0.384 e. The van der Waals surface area contributed by atoms with Crippen LogP contribution in [-0.2, 0) is 17.6 Å². The molecular formula is C37H45N5O2. The number of hydrogen-bond donors (Lipinski definition) is 4. The molecule has 0 bridgehead atoms. The highest BCUT2D eigenvalue weighted by Gasteiger charge is 2.18. The van der Waals surface area contributed by atoms with E-state index in [1.807, 2.05) is 42.5 Å². The fourth-order valence-corrected chi connectivity index (χ4v) is 5.90. The van der Waals surface area contributed by atoms with Crippen molar-refractivity contribution in [3.63, 3.8) is 0 Å². The lowest BCUT2D eigenvalue weighted by atomic mass is 9.92. The van der Waals surface area contributed by atoms with Crippen molar-refractivity contribution < 1.29 is 9.59 Å². The molecule has 0 saturated carbocycles. The smallest absolute Gasteiger partial charge is 0.253 e. The number of fused-ring (bicyclic) bond motifs is 2. The molecule has 2 amide bonds. The number of unbranched alkanes of at least 4 members (excludes halogenated alkanes) is 2. The molecule has 5 rings (SSSR count). The van der Waals surface area contributed by atoms with Gasteiger partial charge < -0.3 is 21.3 Å². The van der Waals surface area contributed by atoms with Gasteiger partial charge in [-0.2, -0.15) is 0 Å². The Labute approximate surface area is 261 Å². The van der Waals surface area contributed by atoms with E-state index in [1.54, 1.807) is 0 Å². The van der Waals surface area contributed by atoms with Crippen molar-refractivity contribution in [2.75, 3.05) is 30.3 Å².